The molecular weight excluding hydrogens is 629 g/mol. The average molecular weight is 657 g/mol. The molecule has 1 aromatic heterocycles. The first-order valence-corrected chi connectivity index (χ1v) is 14.6. The molecule has 1 heterocycles. The lowest BCUT2D eigenvalue weighted by Gasteiger charge is -2.22. The summed E-state index contributed by atoms with van der Waals surface area (Å²) in [5.74, 6) is 1.55. The molecule has 0 N–H and O–H groups in total. The van der Waals surface area contributed by atoms with Gasteiger partial charge in [-0.25, -0.2) is 9.37 Å². The zero-order valence-electron chi connectivity index (χ0n) is 21.5. The van der Waals surface area contributed by atoms with E-state index >= 15 is 0 Å². The van der Waals surface area contributed by atoms with Crippen LogP contribution in [0.4, 0.5) is 4.39 Å². The molecule has 1 saturated carbocycles. The van der Waals surface area contributed by atoms with Crippen LogP contribution in [0.5, 0.6) is 11.5 Å². The van der Waals surface area contributed by atoms with Crippen LogP contribution in [0.2, 0.25) is 0 Å². The standard InChI is InChI=1S/C30H28Br2FN3O3/c1-2-38-25-16-21(26(31)27(32)28(25)39-18-19-9-8-12-22(33)15-19)17-34-36-29(20-10-4-3-5-11-20)35-24-14-7-6-13-23(24)30(36)37/h6-9,12-17,20H,2-5,10-11,18H2,1H3. The SMILES string of the molecule is CCOc1cc(C=Nn2c(C3CCCCC3)nc3ccccc3c2=O)c(Br)c(Br)c1OCc1cccc(F)c1. The zero-order valence-corrected chi connectivity index (χ0v) is 24.7. The maximum Gasteiger partial charge on any atom is 0.282 e. The minimum atomic E-state index is -0.320. The van der Waals surface area contributed by atoms with Gasteiger partial charge in [0, 0.05) is 16.0 Å². The molecule has 1 fully saturated rings. The highest BCUT2D eigenvalue weighted by Gasteiger charge is 2.23. The van der Waals surface area contributed by atoms with Gasteiger partial charge in [0.15, 0.2) is 11.5 Å². The van der Waals surface area contributed by atoms with Crippen molar-refractivity contribution in [3.63, 3.8) is 0 Å². The number of para-hydroxylation sites is 1. The summed E-state index contributed by atoms with van der Waals surface area (Å²) in [4.78, 5) is 18.4. The van der Waals surface area contributed by atoms with Gasteiger partial charge in [-0.05, 0) is 87.5 Å². The second-order valence-corrected chi connectivity index (χ2v) is 11.0. The van der Waals surface area contributed by atoms with Crippen molar-refractivity contribution in [1.29, 1.82) is 0 Å². The minimum absolute atomic E-state index is 0.166. The fraction of sp³-hybridized carbons (Fsp3) is 0.300. The fourth-order valence-electron chi connectivity index (χ4n) is 4.88. The van der Waals surface area contributed by atoms with Gasteiger partial charge in [0.05, 0.1) is 28.2 Å². The summed E-state index contributed by atoms with van der Waals surface area (Å²) in [6.45, 7) is 2.47. The number of benzene rings is 3. The Bertz CT molecular complexity index is 1580. The number of ether oxygens (including phenoxy) is 2. The summed E-state index contributed by atoms with van der Waals surface area (Å²) < 4.78 is 28.3. The molecule has 39 heavy (non-hydrogen) atoms. The minimum Gasteiger partial charge on any atom is -0.490 e. The number of aromatic nitrogens is 2. The van der Waals surface area contributed by atoms with Crippen LogP contribution >= 0.6 is 31.9 Å². The van der Waals surface area contributed by atoms with Crippen LogP contribution in [0.25, 0.3) is 10.9 Å². The summed E-state index contributed by atoms with van der Waals surface area (Å²) in [7, 11) is 0. The van der Waals surface area contributed by atoms with Gasteiger partial charge in [-0.3, -0.25) is 4.79 Å². The molecule has 0 atom stereocenters. The third-order valence-electron chi connectivity index (χ3n) is 6.79. The van der Waals surface area contributed by atoms with E-state index in [0.29, 0.717) is 54.9 Å². The van der Waals surface area contributed by atoms with Crippen LogP contribution in [-0.4, -0.2) is 22.5 Å². The van der Waals surface area contributed by atoms with Gasteiger partial charge in [0.1, 0.15) is 18.2 Å². The molecular formula is C30H28Br2FN3O3. The molecule has 5 rings (SSSR count). The molecule has 0 amide bonds. The first-order valence-electron chi connectivity index (χ1n) is 13.0. The van der Waals surface area contributed by atoms with Crippen molar-refractivity contribution in [3.8, 4) is 11.5 Å². The second-order valence-electron chi connectivity index (χ2n) is 9.46. The molecule has 0 radical (unpaired) electrons. The number of nitrogens with zero attached hydrogens (tertiary/aromatic N) is 3. The number of hydrogen-bond acceptors (Lipinski definition) is 5. The monoisotopic (exact) mass is 655 g/mol. The summed E-state index contributed by atoms with van der Waals surface area (Å²) in [5.41, 5.74) is 1.90. The van der Waals surface area contributed by atoms with Gasteiger partial charge < -0.3 is 9.47 Å². The average Bonchev–Trinajstić information content (AvgIpc) is 2.95. The Kier molecular flexibility index (Phi) is 8.77. The molecule has 0 bridgehead atoms. The molecule has 3 aromatic carbocycles. The normalized spacial score (nSPS) is 14.3. The highest BCUT2D eigenvalue weighted by Crippen LogP contribution is 2.43. The molecule has 9 heteroatoms. The van der Waals surface area contributed by atoms with E-state index < -0.39 is 0 Å². The van der Waals surface area contributed by atoms with Crippen LogP contribution in [0, 0.1) is 5.82 Å². The molecule has 1 aliphatic rings. The summed E-state index contributed by atoms with van der Waals surface area (Å²) in [6.07, 6.45) is 7.04. The van der Waals surface area contributed by atoms with E-state index in [-0.39, 0.29) is 23.9 Å². The molecule has 0 aliphatic heterocycles. The smallest absolute Gasteiger partial charge is 0.282 e. The lowest BCUT2D eigenvalue weighted by Crippen LogP contribution is -2.25. The van der Waals surface area contributed by atoms with Gasteiger partial charge in [-0.1, -0.05) is 43.5 Å². The molecule has 1 aliphatic carbocycles. The Morgan fingerprint density at radius 2 is 1.85 bits per heavy atom. The van der Waals surface area contributed by atoms with E-state index in [2.05, 4.69) is 37.0 Å². The van der Waals surface area contributed by atoms with Gasteiger partial charge in [0.25, 0.3) is 5.56 Å². The van der Waals surface area contributed by atoms with Crippen molar-refractivity contribution in [1.82, 2.24) is 9.66 Å². The quantitative estimate of drug-likeness (QED) is 0.181. The maximum absolute atomic E-state index is 13.6. The van der Waals surface area contributed by atoms with Crippen molar-refractivity contribution in [2.24, 2.45) is 5.10 Å². The predicted molar refractivity (Wildman–Crippen MR) is 159 cm³/mol. The fourth-order valence-corrected chi connectivity index (χ4v) is 5.81. The Balaban J connectivity index is 1.53. The highest BCUT2D eigenvalue weighted by molar-refractivity contribution is 9.13. The summed E-state index contributed by atoms with van der Waals surface area (Å²) in [6, 6.07) is 15.5. The molecule has 4 aromatic rings. The van der Waals surface area contributed by atoms with E-state index in [9.17, 15) is 9.18 Å². The molecule has 0 spiro atoms. The Morgan fingerprint density at radius 3 is 2.62 bits per heavy atom. The van der Waals surface area contributed by atoms with Crippen LogP contribution in [-0.2, 0) is 6.61 Å². The third kappa shape index (κ3) is 6.09. The van der Waals surface area contributed by atoms with Gasteiger partial charge in [-0.2, -0.15) is 9.78 Å². The molecule has 202 valence electrons. The largest absolute Gasteiger partial charge is 0.490 e. The molecule has 0 saturated heterocycles. The Morgan fingerprint density at radius 1 is 1.05 bits per heavy atom. The first-order chi connectivity index (χ1) is 19.0. The third-order valence-corrected chi connectivity index (χ3v) is 8.93. The van der Waals surface area contributed by atoms with Gasteiger partial charge >= 0.3 is 0 Å². The number of hydrogen-bond donors (Lipinski definition) is 0. The number of halogens is 3. The summed E-state index contributed by atoms with van der Waals surface area (Å²) >= 11 is 7.27. The second kappa shape index (κ2) is 12.4. The van der Waals surface area contributed by atoms with Crippen molar-refractivity contribution in [2.75, 3.05) is 6.61 Å². The van der Waals surface area contributed by atoms with Crippen LogP contribution < -0.4 is 15.0 Å². The Hall–Kier alpha value is -3.04. The van der Waals surface area contributed by atoms with Crippen molar-refractivity contribution in [2.45, 2.75) is 51.6 Å². The molecule has 0 unspecified atom stereocenters. The lowest BCUT2D eigenvalue weighted by atomic mass is 9.88. The topological polar surface area (TPSA) is 65.7 Å². The van der Waals surface area contributed by atoms with E-state index in [1.54, 1.807) is 24.4 Å². The van der Waals surface area contributed by atoms with Crippen molar-refractivity contribution < 1.29 is 13.9 Å². The Labute approximate surface area is 243 Å². The van der Waals surface area contributed by atoms with E-state index in [0.717, 1.165) is 25.7 Å². The first kappa shape index (κ1) is 27.5. The van der Waals surface area contributed by atoms with Crippen LogP contribution in [0.15, 0.2) is 73.4 Å². The zero-order chi connectivity index (χ0) is 27.4. The highest BCUT2D eigenvalue weighted by atomic mass is 79.9. The van der Waals surface area contributed by atoms with Crippen molar-refractivity contribution >= 4 is 49.0 Å². The number of rotatable bonds is 8. The van der Waals surface area contributed by atoms with Gasteiger partial charge in [0.2, 0.25) is 0 Å². The van der Waals surface area contributed by atoms with E-state index in [1.165, 1.54) is 23.2 Å². The predicted octanol–water partition coefficient (Wildman–Crippen LogP) is 7.97. The van der Waals surface area contributed by atoms with Gasteiger partial charge in [-0.15, -0.1) is 0 Å². The molecule has 6 nitrogen and oxygen atoms in total. The van der Waals surface area contributed by atoms with Crippen LogP contribution in [0.3, 0.4) is 0 Å². The lowest BCUT2D eigenvalue weighted by molar-refractivity contribution is 0.267. The van der Waals surface area contributed by atoms with Crippen LogP contribution in [0.1, 0.15) is 61.9 Å². The summed E-state index contributed by atoms with van der Waals surface area (Å²) in [5, 5.41) is 5.20. The number of fused-ring (bicyclic) bond motifs is 1. The van der Waals surface area contributed by atoms with Crippen molar-refractivity contribution in [3.05, 3.63) is 96.7 Å². The van der Waals surface area contributed by atoms with E-state index in [4.69, 9.17) is 14.5 Å². The maximum atomic E-state index is 13.6. The van der Waals surface area contributed by atoms with E-state index in [1.807, 2.05) is 31.2 Å².